The SMILES string of the molecule is c1ccc(NCc2cnco2)cc1. The molecule has 0 radical (unpaired) electrons. The Morgan fingerprint density at radius 1 is 1.23 bits per heavy atom. The molecule has 0 saturated carbocycles. The molecule has 0 saturated heterocycles. The highest BCUT2D eigenvalue weighted by Crippen LogP contribution is 2.07. The number of benzene rings is 1. The molecule has 0 aliphatic heterocycles. The van der Waals surface area contributed by atoms with Crippen molar-refractivity contribution in [2.45, 2.75) is 6.54 Å². The minimum absolute atomic E-state index is 0.671. The molecule has 1 aromatic heterocycles. The monoisotopic (exact) mass is 174 g/mol. The zero-order valence-electron chi connectivity index (χ0n) is 7.10. The van der Waals surface area contributed by atoms with Crippen molar-refractivity contribution in [2.24, 2.45) is 0 Å². The predicted molar refractivity (Wildman–Crippen MR) is 50.3 cm³/mol. The molecule has 0 spiro atoms. The third-order valence-electron chi connectivity index (χ3n) is 1.72. The molecule has 3 nitrogen and oxygen atoms in total. The Labute approximate surface area is 76.4 Å². The van der Waals surface area contributed by atoms with Gasteiger partial charge in [0.05, 0.1) is 12.7 Å². The number of rotatable bonds is 3. The van der Waals surface area contributed by atoms with E-state index in [0.29, 0.717) is 6.54 Å². The summed E-state index contributed by atoms with van der Waals surface area (Å²) in [6, 6.07) is 9.98. The summed E-state index contributed by atoms with van der Waals surface area (Å²) < 4.78 is 5.08. The van der Waals surface area contributed by atoms with Gasteiger partial charge in [-0.05, 0) is 12.1 Å². The second-order valence-corrected chi connectivity index (χ2v) is 2.69. The first-order valence-electron chi connectivity index (χ1n) is 4.11. The number of hydrogen-bond acceptors (Lipinski definition) is 3. The van der Waals surface area contributed by atoms with Crippen LogP contribution in [0.15, 0.2) is 47.3 Å². The molecule has 0 bridgehead atoms. The van der Waals surface area contributed by atoms with Gasteiger partial charge in [0.25, 0.3) is 0 Å². The van der Waals surface area contributed by atoms with Gasteiger partial charge in [-0.2, -0.15) is 0 Å². The van der Waals surface area contributed by atoms with Crippen molar-refractivity contribution in [3.63, 3.8) is 0 Å². The molecular formula is C10H10N2O. The van der Waals surface area contributed by atoms with Crippen LogP contribution in [0.1, 0.15) is 5.76 Å². The van der Waals surface area contributed by atoms with E-state index in [2.05, 4.69) is 10.3 Å². The molecule has 0 amide bonds. The van der Waals surface area contributed by atoms with E-state index in [1.807, 2.05) is 30.3 Å². The largest absolute Gasteiger partial charge is 0.447 e. The van der Waals surface area contributed by atoms with E-state index in [9.17, 15) is 0 Å². The van der Waals surface area contributed by atoms with Crippen LogP contribution in [0.4, 0.5) is 5.69 Å². The Hall–Kier alpha value is -1.77. The van der Waals surface area contributed by atoms with Crippen LogP contribution >= 0.6 is 0 Å². The highest BCUT2D eigenvalue weighted by atomic mass is 16.3. The Bertz CT molecular complexity index is 342. The molecule has 1 aromatic carbocycles. The first kappa shape index (κ1) is 7.86. The van der Waals surface area contributed by atoms with Gasteiger partial charge in [0.1, 0.15) is 5.76 Å². The van der Waals surface area contributed by atoms with Gasteiger partial charge in [-0.3, -0.25) is 0 Å². The van der Waals surface area contributed by atoms with Crippen molar-refractivity contribution < 1.29 is 4.42 Å². The average Bonchev–Trinajstić information content (AvgIpc) is 2.69. The summed E-state index contributed by atoms with van der Waals surface area (Å²) >= 11 is 0. The fourth-order valence-electron chi connectivity index (χ4n) is 1.07. The van der Waals surface area contributed by atoms with Gasteiger partial charge in [-0.25, -0.2) is 4.98 Å². The van der Waals surface area contributed by atoms with E-state index in [1.165, 1.54) is 6.39 Å². The summed E-state index contributed by atoms with van der Waals surface area (Å²) in [5, 5.41) is 3.21. The van der Waals surface area contributed by atoms with E-state index in [-0.39, 0.29) is 0 Å². The van der Waals surface area contributed by atoms with Crippen molar-refractivity contribution in [3.8, 4) is 0 Å². The Kier molecular flexibility index (Phi) is 2.27. The number of aromatic nitrogens is 1. The third kappa shape index (κ3) is 2.08. The lowest BCUT2D eigenvalue weighted by molar-refractivity contribution is 0.512. The van der Waals surface area contributed by atoms with Crippen LogP contribution in [-0.4, -0.2) is 4.98 Å². The minimum atomic E-state index is 0.671. The molecular weight excluding hydrogens is 164 g/mol. The van der Waals surface area contributed by atoms with Crippen LogP contribution in [0.3, 0.4) is 0 Å². The molecule has 66 valence electrons. The van der Waals surface area contributed by atoms with Crippen LogP contribution in [0.2, 0.25) is 0 Å². The third-order valence-corrected chi connectivity index (χ3v) is 1.72. The van der Waals surface area contributed by atoms with E-state index < -0.39 is 0 Å². The number of para-hydroxylation sites is 1. The molecule has 2 aromatic rings. The molecule has 0 aliphatic rings. The van der Waals surface area contributed by atoms with E-state index in [4.69, 9.17) is 4.42 Å². The maximum absolute atomic E-state index is 5.08. The summed E-state index contributed by atoms with van der Waals surface area (Å²) in [6.07, 6.45) is 3.14. The topological polar surface area (TPSA) is 38.1 Å². The van der Waals surface area contributed by atoms with Crippen LogP contribution in [0, 0.1) is 0 Å². The summed E-state index contributed by atoms with van der Waals surface area (Å²) in [5.74, 6) is 0.837. The first-order valence-corrected chi connectivity index (χ1v) is 4.11. The Morgan fingerprint density at radius 3 is 2.77 bits per heavy atom. The second kappa shape index (κ2) is 3.76. The van der Waals surface area contributed by atoms with E-state index in [0.717, 1.165) is 11.4 Å². The normalized spacial score (nSPS) is 9.85. The van der Waals surface area contributed by atoms with Gasteiger partial charge < -0.3 is 9.73 Å². The van der Waals surface area contributed by atoms with E-state index >= 15 is 0 Å². The van der Waals surface area contributed by atoms with Crippen molar-refractivity contribution in [1.29, 1.82) is 0 Å². The van der Waals surface area contributed by atoms with Crippen molar-refractivity contribution in [2.75, 3.05) is 5.32 Å². The zero-order chi connectivity index (χ0) is 8.93. The Morgan fingerprint density at radius 2 is 2.08 bits per heavy atom. The number of anilines is 1. The molecule has 1 heterocycles. The number of nitrogens with zero attached hydrogens (tertiary/aromatic N) is 1. The summed E-state index contributed by atoms with van der Waals surface area (Å²) in [4.78, 5) is 3.83. The van der Waals surface area contributed by atoms with E-state index in [1.54, 1.807) is 6.20 Å². The second-order valence-electron chi connectivity index (χ2n) is 2.69. The summed E-state index contributed by atoms with van der Waals surface area (Å²) in [6.45, 7) is 0.671. The van der Waals surface area contributed by atoms with Gasteiger partial charge in [-0.1, -0.05) is 18.2 Å². The number of oxazole rings is 1. The van der Waals surface area contributed by atoms with Gasteiger partial charge in [0, 0.05) is 5.69 Å². The fourth-order valence-corrected chi connectivity index (χ4v) is 1.07. The minimum Gasteiger partial charge on any atom is -0.447 e. The summed E-state index contributed by atoms with van der Waals surface area (Å²) in [5.41, 5.74) is 1.08. The van der Waals surface area contributed by atoms with Crippen molar-refractivity contribution in [1.82, 2.24) is 4.98 Å². The molecule has 3 heteroatoms. The smallest absolute Gasteiger partial charge is 0.180 e. The predicted octanol–water partition coefficient (Wildman–Crippen LogP) is 2.29. The lowest BCUT2D eigenvalue weighted by atomic mass is 10.3. The Balaban J connectivity index is 1.94. The molecule has 1 N–H and O–H groups in total. The van der Waals surface area contributed by atoms with Crippen molar-refractivity contribution >= 4 is 5.69 Å². The molecule has 0 aliphatic carbocycles. The van der Waals surface area contributed by atoms with Crippen LogP contribution in [-0.2, 0) is 6.54 Å². The van der Waals surface area contributed by atoms with Gasteiger partial charge in [-0.15, -0.1) is 0 Å². The molecule has 2 rings (SSSR count). The standard InChI is InChI=1S/C10H10N2O/c1-2-4-9(5-3-1)12-7-10-6-11-8-13-10/h1-6,8,12H,7H2. The first-order chi connectivity index (χ1) is 6.45. The maximum Gasteiger partial charge on any atom is 0.180 e. The lowest BCUT2D eigenvalue weighted by Crippen LogP contribution is -1.97. The fraction of sp³-hybridized carbons (Fsp3) is 0.100. The zero-order valence-corrected chi connectivity index (χ0v) is 7.10. The highest BCUT2D eigenvalue weighted by molar-refractivity contribution is 5.42. The van der Waals surface area contributed by atoms with Gasteiger partial charge in [0.15, 0.2) is 6.39 Å². The molecule has 0 fully saturated rings. The maximum atomic E-state index is 5.08. The highest BCUT2D eigenvalue weighted by Gasteiger charge is 1.94. The molecule has 13 heavy (non-hydrogen) atoms. The lowest BCUT2D eigenvalue weighted by Gasteiger charge is -2.02. The van der Waals surface area contributed by atoms with Crippen molar-refractivity contribution in [3.05, 3.63) is 48.7 Å². The van der Waals surface area contributed by atoms with Crippen LogP contribution in [0.5, 0.6) is 0 Å². The van der Waals surface area contributed by atoms with Crippen LogP contribution in [0.25, 0.3) is 0 Å². The van der Waals surface area contributed by atoms with Gasteiger partial charge in [0.2, 0.25) is 0 Å². The molecule has 0 atom stereocenters. The summed E-state index contributed by atoms with van der Waals surface area (Å²) in [7, 11) is 0. The number of hydrogen-bond donors (Lipinski definition) is 1. The average molecular weight is 174 g/mol. The number of nitrogens with one attached hydrogen (secondary N) is 1. The quantitative estimate of drug-likeness (QED) is 0.775. The van der Waals surface area contributed by atoms with Gasteiger partial charge >= 0.3 is 0 Å². The molecule has 0 unspecified atom stereocenters. The van der Waals surface area contributed by atoms with Crippen LogP contribution < -0.4 is 5.32 Å².